The molecule has 0 spiro atoms. The summed E-state index contributed by atoms with van der Waals surface area (Å²) in [4.78, 5) is 29.1. The first kappa shape index (κ1) is 31.7. The normalized spacial score (nSPS) is 18.7. The summed E-state index contributed by atoms with van der Waals surface area (Å²) in [6, 6.07) is 4.68. The lowest BCUT2D eigenvalue weighted by atomic mass is 9.97. The third kappa shape index (κ3) is 8.40. The van der Waals surface area contributed by atoms with Gasteiger partial charge in [0, 0.05) is 58.4 Å². The predicted octanol–water partition coefficient (Wildman–Crippen LogP) is 6.97. The largest absolute Gasteiger partial charge is 0.467 e. The molecule has 0 aliphatic carbocycles. The SMILES string of the molecule is CC(C)(C)OC(=O)N1CCC(n2cc(N3C[C@H](c4c(OCOCC[Si](C)(C)C)ccc(Cl)c4Cl)CC3=O)cn2)CC1. The van der Waals surface area contributed by atoms with Crippen molar-refractivity contribution in [1.82, 2.24) is 14.7 Å². The predicted molar refractivity (Wildman–Crippen MR) is 164 cm³/mol. The minimum atomic E-state index is -1.20. The van der Waals surface area contributed by atoms with Crippen molar-refractivity contribution in [3.63, 3.8) is 0 Å². The van der Waals surface area contributed by atoms with Gasteiger partial charge in [-0.05, 0) is 51.8 Å². The summed E-state index contributed by atoms with van der Waals surface area (Å²) in [6.07, 6.45) is 5.16. The third-order valence-corrected chi connectivity index (χ3v) is 9.83. The molecular weight excluding hydrogens is 583 g/mol. The van der Waals surface area contributed by atoms with Crippen LogP contribution in [0.3, 0.4) is 0 Å². The highest BCUT2D eigenvalue weighted by molar-refractivity contribution is 6.76. The first-order valence-corrected chi connectivity index (χ1v) is 18.7. The van der Waals surface area contributed by atoms with E-state index >= 15 is 0 Å². The zero-order valence-electron chi connectivity index (χ0n) is 24.9. The Balaban J connectivity index is 1.38. The minimum absolute atomic E-state index is 0.0114. The summed E-state index contributed by atoms with van der Waals surface area (Å²) in [5.74, 6) is 0.383. The van der Waals surface area contributed by atoms with Crippen molar-refractivity contribution >= 4 is 49.0 Å². The molecule has 2 aliphatic heterocycles. The Kier molecular flexibility index (Phi) is 9.99. The van der Waals surface area contributed by atoms with Crippen molar-refractivity contribution in [3.05, 3.63) is 40.1 Å². The highest BCUT2D eigenvalue weighted by Gasteiger charge is 2.36. The molecule has 0 N–H and O–H groups in total. The molecular formula is C29H42Cl2N4O5Si. The van der Waals surface area contributed by atoms with Gasteiger partial charge in [-0.25, -0.2) is 4.79 Å². The number of carbonyl (C=O) groups excluding carboxylic acids is 2. The van der Waals surface area contributed by atoms with E-state index in [0.29, 0.717) is 42.0 Å². The van der Waals surface area contributed by atoms with Gasteiger partial charge in [0.05, 0.1) is 28.0 Å². The molecule has 12 heteroatoms. The highest BCUT2D eigenvalue weighted by atomic mass is 35.5. The summed E-state index contributed by atoms with van der Waals surface area (Å²) in [7, 11) is -1.20. The van der Waals surface area contributed by atoms with E-state index in [1.165, 1.54) is 0 Å². The second-order valence-electron chi connectivity index (χ2n) is 13.0. The monoisotopic (exact) mass is 624 g/mol. The summed E-state index contributed by atoms with van der Waals surface area (Å²) < 4.78 is 19.1. The number of amides is 2. The van der Waals surface area contributed by atoms with E-state index in [1.54, 1.807) is 28.1 Å². The Morgan fingerprint density at radius 3 is 2.51 bits per heavy atom. The molecule has 0 radical (unpaired) electrons. The molecule has 2 aliphatic rings. The lowest BCUT2D eigenvalue weighted by molar-refractivity contribution is -0.117. The van der Waals surface area contributed by atoms with Gasteiger partial charge in [0.2, 0.25) is 5.91 Å². The van der Waals surface area contributed by atoms with E-state index < -0.39 is 13.7 Å². The van der Waals surface area contributed by atoms with Crippen LogP contribution in [-0.2, 0) is 14.3 Å². The van der Waals surface area contributed by atoms with Gasteiger partial charge in [-0.3, -0.25) is 9.48 Å². The number of piperidine rings is 1. The number of rotatable bonds is 9. The standard InChI is InChI=1S/C29H42Cl2N4O5Si/c1-29(2,3)40-28(37)33-11-9-21(10-12-33)35-18-22(16-32-35)34-17-20(15-25(34)36)26-24(8-7-23(30)27(26)31)39-19-38-13-14-41(4,5)6/h7-8,16,18,20-21H,9-15,17,19H2,1-6H3/t20-/m1/s1. The number of hydrogen-bond donors (Lipinski definition) is 0. The van der Waals surface area contributed by atoms with Gasteiger partial charge >= 0.3 is 6.09 Å². The van der Waals surface area contributed by atoms with Gasteiger partial charge in [0.15, 0.2) is 6.79 Å². The number of anilines is 1. The number of benzene rings is 1. The number of aromatic nitrogens is 2. The van der Waals surface area contributed by atoms with Crippen LogP contribution in [0.25, 0.3) is 0 Å². The number of carbonyl (C=O) groups is 2. The summed E-state index contributed by atoms with van der Waals surface area (Å²) in [5, 5.41) is 5.40. The van der Waals surface area contributed by atoms with Gasteiger partial charge < -0.3 is 24.0 Å². The Hall–Kier alpha value is -2.27. The fraction of sp³-hybridized carbons (Fsp3) is 0.621. The molecule has 3 heterocycles. The first-order chi connectivity index (χ1) is 19.2. The Morgan fingerprint density at radius 2 is 1.85 bits per heavy atom. The summed E-state index contributed by atoms with van der Waals surface area (Å²) in [5.41, 5.74) is 0.946. The minimum Gasteiger partial charge on any atom is -0.467 e. The van der Waals surface area contributed by atoms with E-state index in [4.69, 9.17) is 37.4 Å². The van der Waals surface area contributed by atoms with E-state index in [1.807, 2.05) is 31.6 Å². The van der Waals surface area contributed by atoms with Crippen LogP contribution in [0, 0.1) is 0 Å². The molecule has 0 bridgehead atoms. The molecule has 1 atom stereocenters. The van der Waals surface area contributed by atoms with E-state index in [2.05, 4.69) is 24.7 Å². The highest BCUT2D eigenvalue weighted by Crippen LogP contribution is 2.43. The number of hydrogen-bond acceptors (Lipinski definition) is 6. The Morgan fingerprint density at radius 1 is 1.15 bits per heavy atom. The van der Waals surface area contributed by atoms with Crippen LogP contribution in [0.5, 0.6) is 5.75 Å². The maximum Gasteiger partial charge on any atom is 0.410 e. The molecule has 2 fully saturated rings. The maximum absolute atomic E-state index is 13.2. The molecule has 226 valence electrons. The summed E-state index contributed by atoms with van der Waals surface area (Å²) >= 11 is 13.0. The topological polar surface area (TPSA) is 86.1 Å². The number of nitrogens with zero attached hydrogens (tertiary/aromatic N) is 4. The van der Waals surface area contributed by atoms with Crippen molar-refractivity contribution < 1.29 is 23.8 Å². The second-order valence-corrected chi connectivity index (χ2v) is 19.4. The van der Waals surface area contributed by atoms with Crippen molar-refractivity contribution in [1.29, 1.82) is 0 Å². The zero-order chi connectivity index (χ0) is 29.9. The van der Waals surface area contributed by atoms with Gasteiger partial charge in [0.1, 0.15) is 11.4 Å². The van der Waals surface area contributed by atoms with E-state index in [9.17, 15) is 9.59 Å². The third-order valence-electron chi connectivity index (χ3n) is 7.31. The van der Waals surface area contributed by atoms with Gasteiger partial charge in [-0.2, -0.15) is 5.10 Å². The van der Waals surface area contributed by atoms with Crippen LogP contribution < -0.4 is 9.64 Å². The average molecular weight is 626 g/mol. The molecule has 1 aromatic carbocycles. The molecule has 1 aromatic heterocycles. The fourth-order valence-electron chi connectivity index (χ4n) is 5.05. The molecule has 2 saturated heterocycles. The molecule has 9 nitrogen and oxygen atoms in total. The van der Waals surface area contributed by atoms with Crippen LogP contribution in [0.2, 0.25) is 35.7 Å². The van der Waals surface area contributed by atoms with Crippen molar-refractivity contribution in [2.24, 2.45) is 0 Å². The van der Waals surface area contributed by atoms with Crippen LogP contribution in [-0.4, -0.2) is 73.4 Å². The van der Waals surface area contributed by atoms with E-state index in [-0.39, 0.29) is 37.2 Å². The Labute approximate surface area is 254 Å². The maximum atomic E-state index is 13.2. The van der Waals surface area contributed by atoms with Crippen LogP contribution in [0.4, 0.5) is 10.5 Å². The number of likely N-dealkylation sites (tertiary alicyclic amines) is 1. The fourth-order valence-corrected chi connectivity index (χ4v) is 6.29. The van der Waals surface area contributed by atoms with Crippen molar-refractivity contribution in [2.75, 3.05) is 37.9 Å². The second kappa shape index (κ2) is 12.9. The quantitative estimate of drug-likeness (QED) is 0.170. The first-order valence-electron chi connectivity index (χ1n) is 14.2. The zero-order valence-corrected chi connectivity index (χ0v) is 27.4. The lowest BCUT2D eigenvalue weighted by Crippen LogP contribution is -2.42. The molecule has 0 unspecified atom stereocenters. The molecule has 41 heavy (non-hydrogen) atoms. The summed E-state index contributed by atoms with van der Waals surface area (Å²) in [6.45, 7) is 14.9. The lowest BCUT2D eigenvalue weighted by Gasteiger charge is -2.33. The van der Waals surface area contributed by atoms with Gasteiger partial charge in [-0.1, -0.05) is 42.8 Å². The van der Waals surface area contributed by atoms with Crippen molar-refractivity contribution in [3.8, 4) is 5.75 Å². The number of halogens is 2. The molecule has 2 amide bonds. The van der Waals surface area contributed by atoms with E-state index in [0.717, 1.165) is 30.1 Å². The van der Waals surface area contributed by atoms with Crippen LogP contribution >= 0.6 is 23.2 Å². The Bertz CT molecular complexity index is 1230. The van der Waals surface area contributed by atoms with Crippen LogP contribution in [0.15, 0.2) is 24.5 Å². The van der Waals surface area contributed by atoms with Gasteiger partial charge in [-0.15, -0.1) is 0 Å². The number of ether oxygens (including phenoxy) is 3. The van der Waals surface area contributed by atoms with Crippen molar-refractivity contribution in [2.45, 2.75) is 83.3 Å². The average Bonchev–Trinajstić information content (AvgIpc) is 3.51. The smallest absolute Gasteiger partial charge is 0.410 e. The molecule has 4 rings (SSSR count). The molecule has 2 aromatic rings. The van der Waals surface area contributed by atoms with Crippen LogP contribution in [0.1, 0.15) is 57.6 Å². The van der Waals surface area contributed by atoms with Gasteiger partial charge in [0.25, 0.3) is 0 Å². The molecule has 0 saturated carbocycles.